The van der Waals surface area contributed by atoms with Crippen LogP contribution in [0, 0.1) is 6.92 Å². The molecule has 0 aliphatic rings. The largest absolute Gasteiger partial charge is 0.325 e. The van der Waals surface area contributed by atoms with Crippen molar-refractivity contribution in [2.75, 3.05) is 0 Å². The number of nitrogens with two attached hydrogens (primary N) is 1. The molecule has 2 aromatic heterocycles. The Morgan fingerprint density at radius 1 is 1.29 bits per heavy atom. The van der Waals surface area contributed by atoms with E-state index >= 15 is 0 Å². The third kappa shape index (κ3) is 2.47. The van der Waals surface area contributed by atoms with Crippen molar-refractivity contribution in [1.29, 1.82) is 0 Å². The second-order valence-corrected chi connectivity index (χ2v) is 3.89. The number of pyridine rings is 1. The van der Waals surface area contributed by atoms with Crippen LogP contribution >= 0.6 is 0 Å². The molecule has 0 radical (unpaired) electrons. The van der Waals surface area contributed by atoms with Crippen LogP contribution in [0.1, 0.15) is 23.9 Å². The lowest BCUT2D eigenvalue weighted by atomic mass is 10.1. The molecule has 2 aromatic rings. The second kappa shape index (κ2) is 5.01. The molecule has 0 aliphatic heterocycles. The number of aryl methyl sites for hydroxylation is 2. The average Bonchev–Trinajstić information content (AvgIpc) is 2.37. The zero-order valence-corrected chi connectivity index (χ0v) is 10.1. The van der Waals surface area contributed by atoms with E-state index in [1.807, 2.05) is 19.1 Å². The quantitative estimate of drug-likeness (QED) is 0.871. The van der Waals surface area contributed by atoms with Gasteiger partial charge < -0.3 is 5.73 Å². The van der Waals surface area contributed by atoms with E-state index in [-0.39, 0.29) is 0 Å². The predicted molar refractivity (Wildman–Crippen MR) is 67.3 cm³/mol. The Balaban J connectivity index is 2.55. The average molecular weight is 228 g/mol. The van der Waals surface area contributed by atoms with Crippen molar-refractivity contribution in [2.24, 2.45) is 5.73 Å². The normalized spacial score (nSPS) is 10.5. The zero-order chi connectivity index (χ0) is 12.3. The number of rotatable bonds is 3. The first-order valence-electron chi connectivity index (χ1n) is 5.73. The minimum Gasteiger partial charge on any atom is -0.325 e. The highest BCUT2D eigenvalue weighted by Crippen LogP contribution is 2.18. The molecule has 0 aromatic carbocycles. The molecule has 4 heteroatoms. The molecule has 0 spiro atoms. The van der Waals surface area contributed by atoms with Gasteiger partial charge in [-0.05, 0) is 31.0 Å². The zero-order valence-electron chi connectivity index (χ0n) is 10.1. The van der Waals surface area contributed by atoms with Gasteiger partial charge in [0.1, 0.15) is 5.69 Å². The van der Waals surface area contributed by atoms with Gasteiger partial charge in [0.05, 0.1) is 5.69 Å². The summed E-state index contributed by atoms with van der Waals surface area (Å²) in [6.07, 6.45) is 2.68. The Kier molecular flexibility index (Phi) is 3.44. The molecule has 17 heavy (non-hydrogen) atoms. The number of nitrogens with zero attached hydrogens (tertiary/aromatic N) is 3. The van der Waals surface area contributed by atoms with Crippen LogP contribution in [0.15, 0.2) is 24.4 Å². The fourth-order valence-corrected chi connectivity index (χ4v) is 1.77. The van der Waals surface area contributed by atoms with E-state index < -0.39 is 0 Å². The van der Waals surface area contributed by atoms with Crippen LogP contribution in [0.2, 0.25) is 0 Å². The lowest BCUT2D eigenvalue weighted by Crippen LogP contribution is -2.05. The molecular formula is C13H16N4. The third-order valence-electron chi connectivity index (χ3n) is 2.60. The Morgan fingerprint density at radius 3 is 2.82 bits per heavy atom. The monoisotopic (exact) mass is 228 g/mol. The maximum absolute atomic E-state index is 5.63. The van der Waals surface area contributed by atoms with Gasteiger partial charge in [-0.1, -0.05) is 13.0 Å². The van der Waals surface area contributed by atoms with Gasteiger partial charge in [0.2, 0.25) is 0 Å². The third-order valence-corrected chi connectivity index (χ3v) is 2.60. The number of aromatic nitrogens is 3. The minimum absolute atomic E-state index is 0.421. The summed E-state index contributed by atoms with van der Waals surface area (Å²) in [6, 6.07) is 5.89. The van der Waals surface area contributed by atoms with Crippen LogP contribution in [-0.2, 0) is 13.0 Å². The van der Waals surface area contributed by atoms with Crippen molar-refractivity contribution in [1.82, 2.24) is 15.0 Å². The van der Waals surface area contributed by atoms with Crippen LogP contribution in [0.3, 0.4) is 0 Å². The molecule has 0 atom stereocenters. The lowest BCUT2D eigenvalue weighted by molar-refractivity contribution is 0.943. The van der Waals surface area contributed by atoms with Crippen LogP contribution < -0.4 is 5.73 Å². The minimum atomic E-state index is 0.421. The van der Waals surface area contributed by atoms with Gasteiger partial charge in [0, 0.05) is 18.4 Å². The summed E-state index contributed by atoms with van der Waals surface area (Å²) in [6.45, 7) is 4.46. The van der Waals surface area contributed by atoms with Gasteiger partial charge in [-0.2, -0.15) is 0 Å². The number of hydrogen-bond acceptors (Lipinski definition) is 4. The van der Waals surface area contributed by atoms with E-state index in [9.17, 15) is 0 Å². The molecule has 0 unspecified atom stereocenters. The highest BCUT2D eigenvalue weighted by atomic mass is 14.9. The summed E-state index contributed by atoms with van der Waals surface area (Å²) in [5.41, 5.74) is 9.40. The molecule has 0 saturated carbocycles. The summed E-state index contributed by atoms with van der Waals surface area (Å²) < 4.78 is 0. The topological polar surface area (TPSA) is 64.7 Å². The summed E-state index contributed by atoms with van der Waals surface area (Å²) in [4.78, 5) is 13.2. The Labute approximate surface area is 101 Å². The van der Waals surface area contributed by atoms with Gasteiger partial charge in [-0.25, -0.2) is 9.97 Å². The van der Waals surface area contributed by atoms with Crippen LogP contribution in [0.5, 0.6) is 0 Å². The molecule has 0 bridgehead atoms. The first-order chi connectivity index (χ1) is 8.24. The molecule has 0 saturated heterocycles. The molecule has 0 amide bonds. The van der Waals surface area contributed by atoms with Crippen LogP contribution in [0.4, 0.5) is 0 Å². The fourth-order valence-electron chi connectivity index (χ4n) is 1.77. The smallest absolute Gasteiger partial charge is 0.178 e. The molecule has 2 heterocycles. The van der Waals surface area contributed by atoms with Crippen LogP contribution in [-0.4, -0.2) is 15.0 Å². The Hall–Kier alpha value is -1.81. The Morgan fingerprint density at radius 2 is 2.12 bits per heavy atom. The molecule has 2 N–H and O–H groups in total. The molecule has 4 nitrogen and oxygen atoms in total. The summed E-state index contributed by atoms with van der Waals surface area (Å²) >= 11 is 0. The maximum atomic E-state index is 5.63. The van der Waals surface area contributed by atoms with Crippen LogP contribution in [0.25, 0.3) is 11.5 Å². The van der Waals surface area contributed by atoms with Crippen molar-refractivity contribution in [2.45, 2.75) is 26.8 Å². The Bertz CT molecular complexity index is 523. The molecular weight excluding hydrogens is 212 g/mol. The second-order valence-electron chi connectivity index (χ2n) is 3.89. The molecule has 0 fully saturated rings. The molecule has 88 valence electrons. The van der Waals surface area contributed by atoms with Crippen molar-refractivity contribution < 1.29 is 0 Å². The van der Waals surface area contributed by atoms with Gasteiger partial charge in [-0.3, -0.25) is 4.98 Å². The van der Waals surface area contributed by atoms with E-state index in [1.165, 1.54) is 0 Å². The summed E-state index contributed by atoms with van der Waals surface area (Å²) in [5, 5.41) is 0. The SMILES string of the molecule is CCc1cccnc1-c1nc(C)cc(CN)n1. The van der Waals surface area contributed by atoms with E-state index in [4.69, 9.17) is 5.73 Å². The van der Waals surface area contributed by atoms with E-state index in [0.29, 0.717) is 12.4 Å². The number of hydrogen-bond donors (Lipinski definition) is 1. The van der Waals surface area contributed by atoms with E-state index in [2.05, 4.69) is 27.9 Å². The molecule has 2 rings (SSSR count). The van der Waals surface area contributed by atoms with Gasteiger partial charge in [0.25, 0.3) is 0 Å². The lowest BCUT2D eigenvalue weighted by Gasteiger charge is -2.07. The van der Waals surface area contributed by atoms with Crippen molar-refractivity contribution in [3.63, 3.8) is 0 Å². The maximum Gasteiger partial charge on any atom is 0.178 e. The fraction of sp³-hybridized carbons (Fsp3) is 0.308. The highest BCUT2D eigenvalue weighted by molar-refractivity contribution is 5.54. The first kappa shape index (κ1) is 11.7. The first-order valence-corrected chi connectivity index (χ1v) is 5.73. The van der Waals surface area contributed by atoms with Crippen molar-refractivity contribution in [3.8, 4) is 11.5 Å². The highest BCUT2D eigenvalue weighted by Gasteiger charge is 2.09. The standard InChI is InChI=1S/C13H16N4/c1-3-10-5-4-6-15-12(10)13-16-9(2)7-11(8-14)17-13/h4-7H,3,8,14H2,1-2H3. The van der Waals surface area contributed by atoms with Gasteiger partial charge in [-0.15, -0.1) is 0 Å². The van der Waals surface area contributed by atoms with E-state index in [1.54, 1.807) is 6.20 Å². The van der Waals surface area contributed by atoms with Gasteiger partial charge in [0.15, 0.2) is 5.82 Å². The van der Waals surface area contributed by atoms with Crippen molar-refractivity contribution >= 4 is 0 Å². The van der Waals surface area contributed by atoms with Gasteiger partial charge >= 0.3 is 0 Å². The summed E-state index contributed by atoms with van der Waals surface area (Å²) in [7, 11) is 0. The van der Waals surface area contributed by atoms with E-state index in [0.717, 1.165) is 29.1 Å². The molecule has 0 aliphatic carbocycles. The van der Waals surface area contributed by atoms with Crippen molar-refractivity contribution in [3.05, 3.63) is 41.3 Å². The summed E-state index contributed by atoms with van der Waals surface area (Å²) in [5.74, 6) is 0.669. The predicted octanol–water partition coefficient (Wildman–Crippen LogP) is 1.87.